The van der Waals surface area contributed by atoms with Gasteiger partial charge in [0.05, 0.1) is 12.3 Å². The molecule has 0 aliphatic rings. The van der Waals surface area contributed by atoms with Crippen LogP contribution in [-0.4, -0.2) is 23.6 Å². The number of para-hydroxylation sites is 2. The van der Waals surface area contributed by atoms with Crippen molar-refractivity contribution in [2.75, 3.05) is 11.9 Å². The summed E-state index contributed by atoms with van der Waals surface area (Å²) in [4.78, 5) is 23.5. The summed E-state index contributed by atoms with van der Waals surface area (Å²) in [6.45, 7) is 7.47. The lowest BCUT2D eigenvalue weighted by atomic mass is 9.80. The molecular formula is C15H21NO4. The van der Waals surface area contributed by atoms with Crippen molar-refractivity contribution in [3.8, 4) is 5.75 Å². The van der Waals surface area contributed by atoms with Crippen molar-refractivity contribution in [3.05, 3.63) is 24.3 Å². The van der Waals surface area contributed by atoms with E-state index in [1.807, 2.05) is 6.92 Å². The molecule has 110 valence electrons. The third-order valence-corrected chi connectivity index (χ3v) is 2.82. The van der Waals surface area contributed by atoms with Crippen molar-refractivity contribution in [1.29, 1.82) is 0 Å². The Morgan fingerprint density at radius 3 is 2.40 bits per heavy atom. The Balaban J connectivity index is 2.97. The normalized spacial score (nSPS) is 12.6. The average Bonchev–Trinajstić information content (AvgIpc) is 2.29. The quantitative estimate of drug-likeness (QED) is 0.813. The fraction of sp³-hybridized carbons (Fsp3) is 0.467. The Morgan fingerprint density at radius 1 is 1.30 bits per heavy atom. The number of carbonyl (C=O) groups is 2. The minimum absolute atomic E-state index is 0.467. The summed E-state index contributed by atoms with van der Waals surface area (Å²) in [5.41, 5.74) is -0.189. The van der Waals surface area contributed by atoms with Gasteiger partial charge in [0.25, 0.3) is 0 Å². The number of carboxylic acids is 1. The number of hydrogen-bond donors (Lipinski definition) is 2. The Labute approximate surface area is 118 Å². The Bertz CT molecular complexity index is 491. The van der Waals surface area contributed by atoms with Crippen LogP contribution in [0.25, 0.3) is 0 Å². The minimum atomic E-state index is -1.14. The summed E-state index contributed by atoms with van der Waals surface area (Å²) < 4.78 is 5.40. The molecule has 1 aromatic rings. The van der Waals surface area contributed by atoms with Gasteiger partial charge in [0, 0.05) is 0 Å². The first-order valence-electron chi connectivity index (χ1n) is 6.53. The number of ether oxygens (including phenoxy) is 1. The van der Waals surface area contributed by atoms with Gasteiger partial charge in [0.2, 0.25) is 5.91 Å². The molecule has 0 fully saturated rings. The highest BCUT2D eigenvalue weighted by molar-refractivity contribution is 6.05. The number of hydrogen-bond acceptors (Lipinski definition) is 3. The maximum absolute atomic E-state index is 12.2. The van der Waals surface area contributed by atoms with Crippen LogP contribution in [-0.2, 0) is 9.59 Å². The molecule has 2 N–H and O–H groups in total. The fourth-order valence-corrected chi connectivity index (χ4v) is 1.93. The molecule has 0 aliphatic heterocycles. The van der Waals surface area contributed by atoms with Crippen LogP contribution in [0.3, 0.4) is 0 Å². The van der Waals surface area contributed by atoms with E-state index in [1.54, 1.807) is 45.0 Å². The molecule has 1 aromatic carbocycles. The van der Waals surface area contributed by atoms with Crippen molar-refractivity contribution in [2.24, 2.45) is 11.3 Å². The highest BCUT2D eigenvalue weighted by Gasteiger charge is 2.37. The Morgan fingerprint density at radius 2 is 1.90 bits per heavy atom. The van der Waals surface area contributed by atoms with Crippen molar-refractivity contribution in [2.45, 2.75) is 27.7 Å². The molecule has 1 amide bonds. The van der Waals surface area contributed by atoms with Gasteiger partial charge in [-0.05, 0) is 24.5 Å². The van der Waals surface area contributed by atoms with Crippen LogP contribution in [0.15, 0.2) is 24.3 Å². The molecule has 0 heterocycles. The zero-order valence-electron chi connectivity index (χ0n) is 12.3. The molecule has 0 aromatic heterocycles. The second-order valence-corrected chi connectivity index (χ2v) is 5.56. The molecule has 0 spiro atoms. The summed E-state index contributed by atoms with van der Waals surface area (Å²) in [6.07, 6.45) is 0. The van der Waals surface area contributed by atoms with Crippen LogP contribution in [0.1, 0.15) is 27.7 Å². The summed E-state index contributed by atoms with van der Waals surface area (Å²) in [5.74, 6) is -2.28. The predicted molar refractivity (Wildman–Crippen MR) is 76.8 cm³/mol. The fourth-order valence-electron chi connectivity index (χ4n) is 1.93. The van der Waals surface area contributed by atoms with E-state index in [9.17, 15) is 14.7 Å². The smallest absolute Gasteiger partial charge is 0.316 e. The van der Waals surface area contributed by atoms with E-state index in [4.69, 9.17) is 4.74 Å². The standard InChI is InChI=1S/C15H21NO4/c1-5-20-11-9-7-6-8-10(11)16-13(17)12(14(18)19)15(2,3)4/h6-9,12H,5H2,1-4H3,(H,16,17)(H,18,19). The van der Waals surface area contributed by atoms with Crippen LogP contribution < -0.4 is 10.1 Å². The number of carbonyl (C=O) groups excluding carboxylic acids is 1. The number of nitrogens with one attached hydrogen (secondary N) is 1. The maximum Gasteiger partial charge on any atom is 0.316 e. The molecule has 0 saturated carbocycles. The second kappa shape index (κ2) is 6.41. The van der Waals surface area contributed by atoms with Crippen molar-refractivity contribution in [3.63, 3.8) is 0 Å². The monoisotopic (exact) mass is 279 g/mol. The third-order valence-electron chi connectivity index (χ3n) is 2.82. The molecule has 20 heavy (non-hydrogen) atoms. The van der Waals surface area contributed by atoms with E-state index in [1.165, 1.54) is 0 Å². The van der Waals surface area contributed by atoms with Crippen LogP contribution in [0.2, 0.25) is 0 Å². The number of benzene rings is 1. The van der Waals surface area contributed by atoms with E-state index in [0.29, 0.717) is 18.0 Å². The van der Waals surface area contributed by atoms with Crippen molar-refractivity contribution >= 4 is 17.6 Å². The predicted octanol–water partition coefficient (Wildman–Crippen LogP) is 2.77. The molecule has 1 rings (SSSR count). The van der Waals surface area contributed by atoms with E-state index in [2.05, 4.69) is 5.32 Å². The number of aliphatic carboxylic acids is 1. The molecule has 0 aliphatic carbocycles. The van der Waals surface area contributed by atoms with Crippen LogP contribution in [0, 0.1) is 11.3 Å². The minimum Gasteiger partial charge on any atom is -0.492 e. The van der Waals surface area contributed by atoms with Gasteiger partial charge in [-0.3, -0.25) is 9.59 Å². The lowest BCUT2D eigenvalue weighted by Gasteiger charge is -2.26. The van der Waals surface area contributed by atoms with E-state index in [-0.39, 0.29) is 0 Å². The number of anilines is 1. The first-order chi connectivity index (χ1) is 9.27. The molecule has 5 heteroatoms. The van der Waals surface area contributed by atoms with Crippen LogP contribution in [0.4, 0.5) is 5.69 Å². The molecule has 0 bridgehead atoms. The van der Waals surface area contributed by atoms with Crippen molar-refractivity contribution in [1.82, 2.24) is 0 Å². The summed E-state index contributed by atoms with van der Waals surface area (Å²) >= 11 is 0. The molecule has 1 atom stereocenters. The van der Waals surface area contributed by atoms with Gasteiger partial charge in [-0.1, -0.05) is 32.9 Å². The topological polar surface area (TPSA) is 75.6 Å². The van der Waals surface area contributed by atoms with Gasteiger partial charge < -0.3 is 15.2 Å². The van der Waals surface area contributed by atoms with Gasteiger partial charge in [0.15, 0.2) is 0 Å². The van der Waals surface area contributed by atoms with E-state index >= 15 is 0 Å². The zero-order chi connectivity index (χ0) is 15.3. The Hall–Kier alpha value is -2.04. The second-order valence-electron chi connectivity index (χ2n) is 5.56. The van der Waals surface area contributed by atoms with E-state index < -0.39 is 23.2 Å². The maximum atomic E-state index is 12.2. The first kappa shape index (κ1) is 16.0. The highest BCUT2D eigenvalue weighted by atomic mass is 16.5. The number of amides is 1. The van der Waals surface area contributed by atoms with Gasteiger partial charge in [-0.2, -0.15) is 0 Å². The zero-order valence-corrected chi connectivity index (χ0v) is 12.3. The number of carboxylic acid groups (broad SMARTS) is 1. The Kier molecular flexibility index (Phi) is 5.13. The summed E-state index contributed by atoms with van der Waals surface area (Å²) in [6, 6.07) is 6.96. The number of rotatable bonds is 5. The molecular weight excluding hydrogens is 258 g/mol. The van der Waals surface area contributed by atoms with Gasteiger partial charge in [-0.15, -0.1) is 0 Å². The third kappa shape index (κ3) is 3.98. The van der Waals surface area contributed by atoms with Gasteiger partial charge >= 0.3 is 5.97 Å². The highest BCUT2D eigenvalue weighted by Crippen LogP contribution is 2.29. The largest absolute Gasteiger partial charge is 0.492 e. The lowest BCUT2D eigenvalue weighted by Crippen LogP contribution is -2.39. The van der Waals surface area contributed by atoms with Crippen LogP contribution >= 0.6 is 0 Å². The molecule has 1 unspecified atom stereocenters. The molecule has 5 nitrogen and oxygen atoms in total. The summed E-state index contributed by atoms with van der Waals surface area (Å²) in [5, 5.41) is 11.9. The first-order valence-corrected chi connectivity index (χ1v) is 6.53. The van der Waals surface area contributed by atoms with Crippen LogP contribution in [0.5, 0.6) is 5.75 Å². The van der Waals surface area contributed by atoms with Gasteiger partial charge in [-0.25, -0.2) is 0 Å². The molecule has 0 saturated heterocycles. The average molecular weight is 279 g/mol. The lowest BCUT2D eigenvalue weighted by molar-refractivity contribution is -0.149. The summed E-state index contributed by atoms with van der Waals surface area (Å²) in [7, 11) is 0. The molecule has 0 radical (unpaired) electrons. The van der Waals surface area contributed by atoms with Gasteiger partial charge in [0.1, 0.15) is 11.7 Å². The van der Waals surface area contributed by atoms with E-state index in [0.717, 1.165) is 0 Å². The van der Waals surface area contributed by atoms with Crippen molar-refractivity contribution < 1.29 is 19.4 Å². The SMILES string of the molecule is CCOc1ccccc1NC(=O)C(C(=O)O)C(C)(C)C.